The van der Waals surface area contributed by atoms with Crippen LogP contribution in [0.4, 0.5) is 11.4 Å². The smallest absolute Gasteiger partial charge is 0.273 e. The van der Waals surface area contributed by atoms with Gasteiger partial charge in [-0.1, -0.05) is 12.1 Å². The predicted molar refractivity (Wildman–Crippen MR) is 122 cm³/mol. The number of nitro benzene ring substituents is 2. The number of nitrogens with one attached hydrogen (secondary N) is 1. The number of rotatable bonds is 4. The maximum absolute atomic E-state index is 11.0. The SMILES string of the molecule is Cc1ccc(C(=O)Cl)cc1[N+](=O)[O-].Cc1ccc(C(=O)NN)cc1[N+](=O)[O-].ClCCl.NN. The second kappa shape index (κ2) is 16.8. The third kappa shape index (κ3) is 10.9. The van der Waals surface area contributed by atoms with Gasteiger partial charge in [0.15, 0.2) is 0 Å². The maximum atomic E-state index is 11.0. The van der Waals surface area contributed by atoms with E-state index in [2.05, 4.69) is 11.7 Å². The number of benzene rings is 2. The van der Waals surface area contributed by atoms with E-state index in [4.69, 9.17) is 40.6 Å². The number of hydrogen-bond acceptors (Lipinski definition) is 9. The summed E-state index contributed by atoms with van der Waals surface area (Å²) in [5, 5.41) is 20.5. The summed E-state index contributed by atoms with van der Waals surface area (Å²) in [4.78, 5) is 41.6. The molecule has 0 spiro atoms. The third-order valence-electron chi connectivity index (χ3n) is 3.43. The highest BCUT2D eigenvalue weighted by molar-refractivity contribution is 6.67. The van der Waals surface area contributed by atoms with Crippen molar-refractivity contribution < 1.29 is 19.4 Å². The number of nitrogens with two attached hydrogens (primary N) is 3. The zero-order valence-electron chi connectivity index (χ0n) is 16.9. The Labute approximate surface area is 197 Å². The van der Waals surface area contributed by atoms with Crippen LogP contribution in [0.2, 0.25) is 0 Å². The first-order valence-electron chi connectivity index (χ1n) is 8.16. The Morgan fingerprint density at radius 2 is 1.25 bits per heavy atom. The Bertz CT molecular complexity index is 945. The van der Waals surface area contributed by atoms with E-state index in [-0.39, 0.29) is 27.8 Å². The summed E-state index contributed by atoms with van der Waals surface area (Å²) in [7, 11) is 0. The fraction of sp³-hybridized carbons (Fsp3) is 0.176. The Hall–Kier alpha value is -2.87. The molecule has 0 fully saturated rings. The maximum Gasteiger partial charge on any atom is 0.273 e. The molecule has 1 amide bonds. The molecular weight excluding hydrogens is 491 g/mol. The minimum Gasteiger partial charge on any atom is -0.290 e. The molecule has 0 aromatic heterocycles. The molecule has 32 heavy (non-hydrogen) atoms. The van der Waals surface area contributed by atoms with Gasteiger partial charge in [-0.25, -0.2) is 5.84 Å². The van der Waals surface area contributed by atoms with Crippen molar-refractivity contribution in [3.63, 3.8) is 0 Å². The third-order valence-corrected chi connectivity index (χ3v) is 3.65. The molecule has 2 rings (SSSR count). The van der Waals surface area contributed by atoms with E-state index in [1.54, 1.807) is 13.8 Å². The Balaban J connectivity index is 0. The van der Waals surface area contributed by atoms with Crippen LogP contribution in [-0.4, -0.2) is 26.3 Å². The Kier molecular flexibility index (Phi) is 16.4. The van der Waals surface area contributed by atoms with Gasteiger partial charge in [-0.15, -0.1) is 23.2 Å². The van der Waals surface area contributed by atoms with Gasteiger partial charge in [0.1, 0.15) is 0 Å². The first kappa shape index (κ1) is 31.3. The lowest BCUT2D eigenvalue weighted by Crippen LogP contribution is -2.29. The number of nitro groups is 2. The number of carbonyl (C=O) groups excluding carboxylic acids is 2. The molecular formula is C17H21Cl3N6O6. The van der Waals surface area contributed by atoms with Crippen molar-refractivity contribution in [2.75, 3.05) is 5.34 Å². The topological polar surface area (TPSA) is 211 Å². The fourth-order valence-corrected chi connectivity index (χ4v) is 2.08. The highest BCUT2D eigenvalue weighted by Gasteiger charge is 2.14. The van der Waals surface area contributed by atoms with Crippen LogP contribution < -0.4 is 23.0 Å². The zero-order valence-corrected chi connectivity index (χ0v) is 19.1. The van der Waals surface area contributed by atoms with Crippen molar-refractivity contribution in [2.24, 2.45) is 17.5 Å². The molecule has 15 heteroatoms. The number of aryl methyl sites for hydroxylation is 2. The molecule has 0 heterocycles. The predicted octanol–water partition coefficient (Wildman–Crippen LogP) is 3.03. The van der Waals surface area contributed by atoms with Crippen LogP contribution in [0.25, 0.3) is 0 Å². The number of nitrogens with zero attached hydrogens (tertiary/aromatic N) is 2. The molecule has 0 aliphatic rings. The molecule has 12 nitrogen and oxygen atoms in total. The van der Waals surface area contributed by atoms with E-state index in [1.807, 2.05) is 5.43 Å². The summed E-state index contributed by atoms with van der Waals surface area (Å²) in [6, 6.07) is 8.29. The number of hydrazine groups is 2. The minimum atomic E-state index is -0.692. The van der Waals surface area contributed by atoms with Gasteiger partial charge in [0, 0.05) is 34.4 Å². The number of alkyl halides is 2. The lowest BCUT2D eigenvalue weighted by Gasteiger charge is -2.01. The van der Waals surface area contributed by atoms with E-state index in [1.165, 1.54) is 36.4 Å². The molecule has 0 saturated heterocycles. The summed E-state index contributed by atoms with van der Waals surface area (Å²) in [5.74, 6) is 12.4. The quantitative estimate of drug-likeness (QED) is 0.118. The van der Waals surface area contributed by atoms with Gasteiger partial charge in [-0.2, -0.15) is 0 Å². The van der Waals surface area contributed by atoms with Crippen molar-refractivity contribution in [3.05, 3.63) is 78.9 Å². The van der Waals surface area contributed by atoms with E-state index in [0.717, 1.165) is 0 Å². The summed E-state index contributed by atoms with van der Waals surface area (Å²) in [6.07, 6.45) is 0. The largest absolute Gasteiger partial charge is 0.290 e. The minimum absolute atomic E-state index is 0.0912. The number of halogens is 3. The van der Waals surface area contributed by atoms with E-state index in [0.29, 0.717) is 11.1 Å². The lowest BCUT2D eigenvalue weighted by molar-refractivity contribution is -0.385. The number of nitrogen functional groups attached to an aromatic ring is 1. The summed E-state index contributed by atoms with van der Waals surface area (Å²) >= 11 is 14.7. The van der Waals surface area contributed by atoms with Gasteiger partial charge in [0.2, 0.25) is 0 Å². The van der Waals surface area contributed by atoms with Gasteiger partial charge in [0.05, 0.1) is 15.2 Å². The molecule has 0 aliphatic carbocycles. The van der Waals surface area contributed by atoms with Gasteiger partial charge >= 0.3 is 0 Å². The molecule has 0 atom stereocenters. The highest BCUT2D eigenvalue weighted by atomic mass is 35.5. The number of amides is 1. The van der Waals surface area contributed by atoms with Gasteiger partial charge in [0.25, 0.3) is 22.5 Å². The van der Waals surface area contributed by atoms with Gasteiger partial charge in [-0.05, 0) is 37.6 Å². The second-order valence-electron chi connectivity index (χ2n) is 5.36. The average molecular weight is 512 g/mol. The van der Waals surface area contributed by atoms with Crippen LogP contribution >= 0.6 is 34.8 Å². The number of hydrogen-bond donors (Lipinski definition) is 4. The molecule has 176 valence electrons. The molecule has 0 saturated carbocycles. The standard InChI is InChI=1S/C8H6ClNO3.C8H9N3O3.CH2Cl2.H4N2/c1-5-2-3-6(8(9)11)4-7(5)10(12)13;1-5-2-3-6(8(12)10-9)4-7(5)11(13)14;2-1-3;1-2/h2-4H,1H3;2-4H,9H2,1H3,(H,10,12);1H2;1-2H2. The molecule has 2 aromatic rings. The normalized spacial score (nSPS) is 8.88. The monoisotopic (exact) mass is 510 g/mol. The molecule has 0 unspecified atom stereocenters. The van der Waals surface area contributed by atoms with Crippen LogP contribution in [0.5, 0.6) is 0 Å². The molecule has 0 aliphatic heterocycles. The van der Waals surface area contributed by atoms with Crippen molar-refractivity contribution in [1.29, 1.82) is 0 Å². The molecule has 7 N–H and O–H groups in total. The van der Waals surface area contributed by atoms with Crippen molar-refractivity contribution in [2.45, 2.75) is 13.8 Å². The molecule has 0 radical (unpaired) electrons. The van der Waals surface area contributed by atoms with Crippen molar-refractivity contribution in [3.8, 4) is 0 Å². The zero-order chi connectivity index (χ0) is 25.4. The van der Waals surface area contributed by atoms with Crippen LogP contribution in [0, 0.1) is 34.1 Å². The van der Waals surface area contributed by atoms with Crippen molar-refractivity contribution in [1.82, 2.24) is 5.43 Å². The second-order valence-corrected chi connectivity index (χ2v) is 6.52. The van der Waals surface area contributed by atoms with Crippen LogP contribution in [0.15, 0.2) is 36.4 Å². The van der Waals surface area contributed by atoms with Gasteiger partial charge in [-0.3, -0.25) is 46.9 Å². The van der Waals surface area contributed by atoms with E-state index < -0.39 is 21.0 Å². The first-order valence-corrected chi connectivity index (χ1v) is 9.60. The Morgan fingerprint density at radius 1 is 0.906 bits per heavy atom. The summed E-state index contributed by atoms with van der Waals surface area (Å²) < 4.78 is 0. The summed E-state index contributed by atoms with van der Waals surface area (Å²) in [5.41, 5.74) is 3.04. The lowest BCUT2D eigenvalue weighted by atomic mass is 10.1. The van der Waals surface area contributed by atoms with Crippen LogP contribution in [-0.2, 0) is 0 Å². The molecule has 0 bridgehead atoms. The number of carbonyl (C=O) groups is 2. The summed E-state index contributed by atoms with van der Waals surface area (Å²) in [6.45, 7) is 3.20. The van der Waals surface area contributed by atoms with Crippen LogP contribution in [0.1, 0.15) is 31.8 Å². The van der Waals surface area contributed by atoms with Gasteiger partial charge < -0.3 is 0 Å². The van der Waals surface area contributed by atoms with E-state index in [9.17, 15) is 29.8 Å². The first-order chi connectivity index (χ1) is 15.0. The van der Waals surface area contributed by atoms with Crippen LogP contribution in [0.3, 0.4) is 0 Å². The fourth-order valence-electron chi connectivity index (χ4n) is 1.96. The highest BCUT2D eigenvalue weighted by Crippen LogP contribution is 2.20. The average Bonchev–Trinajstić information content (AvgIpc) is 2.75. The van der Waals surface area contributed by atoms with E-state index >= 15 is 0 Å². The Morgan fingerprint density at radius 3 is 1.56 bits per heavy atom. The molecule has 2 aromatic carbocycles. The van der Waals surface area contributed by atoms with Crippen molar-refractivity contribution >= 4 is 57.3 Å².